The molecule has 1 aliphatic carbocycles. The van der Waals surface area contributed by atoms with Crippen LogP contribution in [0.5, 0.6) is 0 Å². The average molecular weight is 236 g/mol. The van der Waals surface area contributed by atoms with Gasteiger partial charge in [-0.2, -0.15) is 0 Å². The van der Waals surface area contributed by atoms with Gasteiger partial charge in [0.1, 0.15) is 5.82 Å². The third-order valence-corrected chi connectivity index (χ3v) is 3.53. The molecule has 17 heavy (non-hydrogen) atoms. The summed E-state index contributed by atoms with van der Waals surface area (Å²) >= 11 is 0. The number of carbonyl (C=O) groups is 1. The number of fused-ring (bicyclic) bond motifs is 1. The maximum Gasteiger partial charge on any atom is 0.293 e. The number of morpholine rings is 1. The quantitative estimate of drug-likeness (QED) is 0.771. The predicted octanol–water partition coefficient (Wildman–Crippen LogP) is 0.507. The van der Waals surface area contributed by atoms with Crippen molar-refractivity contribution in [3.8, 4) is 0 Å². The van der Waals surface area contributed by atoms with Crippen LogP contribution in [0.3, 0.4) is 0 Å². The zero-order valence-electron chi connectivity index (χ0n) is 9.85. The van der Waals surface area contributed by atoms with E-state index in [1.54, 1.807) is 6.92 Å². The summed E-state index contributed by atoms with van der Waals surface area (Å²) in [6, 6.07) is 0.218. The monoisotopic (exact) mass is 236 g/mol. The average Bonchev–Trinajstić information content (AvgIpc) is 2.95. The van der Waals surface area contributed by atoms with Crippen LogP contribution in [-0.4, -0.2) is 51.3 Å². The molecule has 2 unspecified atom stereocenters. The van der Waals surface area contributed by atoms with E-state index in [0.717, 1.165) is 19.3 Å². The van der Waals surface area contributed by atoms with E-state index in [-0.39, 0.29) is 23.9 Å². The number of rotatable bonds is 1. The lowest BCUT2D eigenvalue weighted by molar-refractivity contribution is -0.0449. The molecule has 1 N–H and O–H groups in total. The summed E-state index contributed by atoms with van der Waals surface area (Å²) in [5, 5.41) is 6.65. The minimum absolute atomic E-state index is 0.0745. The van der Waals surface area contributed by atoms with Gasteiger partial charge in [-0.25, -0.2) is 4.98 Å². The van der Waals surface area contributed by atoms with Crippen molar-refractivity contribution >= 4 is 5.91 Å². The van der Waals surface area contributed by atoms with Crippen LogP contribution in [-0.2, 0) is 4.74 Å². The van der Waals surface area contributed by atoms with Crippen molar-refractivity contribution in [2.75, 3.05) is 13.2 Å². The second-order valence-corrected chi connectivity index (χ2v) is 4.65. The fourth-order valence-corrected chi connectivity index (χ4v) is 2.74. The van der Waals surface area contributed by atoms with Crippen LogP contribution < -0.4 is 0 Å². The first-order valence-electron chi connectivity index (χ1n) is 6.07. The molecule has 0 radical (unpaired) electrons. The summed E-state index contributed by atoms with van der Waals surface area (Å²) in [7, 11) is 0. The van der Waals surface area contributed by atoms with E-state index >= 15 is 0 Å². The summed E-state index contributed by atoms with van der Waals surface area (Å²) in [5.74, 6) is 0.870. The van der Waals surface area contributed by atoms with Crippen LogP contribution in [0.25, 0.3) is 0 Å². The number of carbonyl (C=O) groups excluding carboxylic acids is 1. The number of H-pyrrole nitrogens is 1. The number of hydrogen-bond donors (Lipinski definition) is 1. The molecule has 2 atom stereocenters. The molecule has 2 heterocycles. The number of aryl methyl sites for hydroxylation is 1. The van der Waals surface area contributed by atoms with Crippen LogP contribution in [0.4, 0.5) is 0 Å². The number of ether oxygens (including phenoxy) is 1. The van der Waals surface area contributed by atoms with E-state index in [1.165, 1.54) is 0 Å². The highest BCUT2D eigenvalue weighted by molar-refractivity contribution is 5.90. The Kier molecular flexibility index (Phi) is 2.58. The van der Waals surface area contributed by atoms with Crippen LogP contribution >= 0.6 is 0 Å². The van der Waals surface area contributed by atoms with Crippen molar-refractivity contribution < 1.29 is 9.53 Å². The lowest BCUT2D eigenvalue weighted by Gasteiger charge is -2.36. The molecular weight excluding hydrogens is 220 g/mol. The molecule has 0 aromatic carbocycles. The topological polar surface area (TPSA) is 71.1 Å². The molecule has 92 valence electrons. The molecule has 2 fully saturated rings. The van der Waals surface area contributed by atoms with Gasteiger partial charge in [0.15, 0.2) is 0 Å². The Morgan fingerprint density at radius 3 is 3.18 bits per heavy atom. The van der Waals surface area contributed by atoms with Crippen molar-refractivity contribution in [2.45, 2.75) is 38.3 Å². The maximum atomic E-state index is 12.3. The normalized spacial score (nSPS) is 28.2. The van der Waals surface area contributed by atoms with Gasteiger partial charge in [0.2, 0.25) is 5.82 Å². The van der Waals surface area contributed by atoms with Gasteiger partial charge in [-0.3, -0.25) is 9.89 Å². The number of aromatic amines is 1. The van der Waals surface area contributed by atoms with E-state index in [1.807, 2.05) is 4.90 Å². The Labute approximate surface area is 99.4 Å². The van der Waals surface area contributed by atoms with Crippen LogP contribution in [0.1, 0.15) is 35.7 Å². The summed E-state index contributed by atoms with van der Waals surface area (Å²) in [6.45, 7) is 3.06. The first-order chi connectivity index (χ1) is 8.25. The Morgan fingerprint density at radius 1 is 1.53 bits per heavy atom. The van der Waals surface area contributed by atoms with Crippen molar-refractivity contribution in [1.82, 2.24) is 20.1 Å². The molecule has 1 amide bonds. The Morgan fingerprint density at radius 2 is 2.41 bits per heavy atom. The lowest BCUT2D eigenvalue weighted by atomic mass is 10.1. The molecular formula is C11H16N4O2. The summed E-state index contributed by atoms with van der Waals surface area (Å²) in [4.78, 5) is 18.3. The Balaban J connectivity index is 1.81. The highest BCUT2D eigenvalue weighted by atomic mass is 16.5. The second kappa shape index (κ2) is 4.10. The third kappa shape index (κ3) is 1.82. The largest absolute Gasteiger partial charge is 0.374 e. The lowest BCUT2D eigenvalue weighted by Crippen LogP contribution is -2.51. The summed E-state index contributed by atoms with van der Waals surface area (Å²) in [5.41, 5.74) is 0. The van der Waals surface area contributed by atoms with Gasteiger partial charge in [-0.15, -0.1) is 5.10 Å². The van der Waals surface area contributed by atoms with Crippen LogP contribution in [0.15, 0.2) is 0 Å². The molecule has 0 spiro atoms. The van der Waals surface area contributed by atoms with Gasteiger partial charge in [-0.05, 0) is 26.2 Å². The standard InChI is InChI=1S/C11H16N4O2/c1-7-12-10(14-13-7)11(16)15-5-6-17-9-4-2-3-8(9)15/h8-9H,2-6H2,1H3,(H,12,13,14). The second-order valence-electron chi connectivity index (χ2n) is 4.65. The molecule has 3 rings (SSSR count). The van der Waals surface area contributed by atoms with E-state index in [9.17, 15) is 4.79 Å². The van der Waals surface area contributed by atoms with Crippen molar-refractivity contribution in [1.29, 1.82) is 0 Å². The number of nitrogens with zero attached hydrogens (tertiary/aromatic N) is 3. The Bertz CT molecular complexity index is 431. The van der Waals surface area contributed by atoms with E-state index in [2.05, 4.69) is 15.2 Å². The first-order valence-corrected chi connectivity index (χ1v) is 6.07. The maximum absolute atomic E-state index is 12.3. The molecule has 6 heteroatoms. The van der Waals surface area contributed by atoms with Crippen molar-refractivity contribution in [3.63, 3.8) is 0 Å². The third-order valence-electron chi connectivity index (χ3n) is 3.53. The fraction of sp³-hybridized carbons (Fsp3) is 0.727. The van der Waals surface area contributed by atoms with Gasteiger partial charge in [-0.1, -0.05) is 0 Å². The molecule has 6 nitrogen and oxygen atoms in total. The van der Waals surface area contributed by atoms with Crippen molar-refractivity contribution in [3.05, 3.63) is 11.6 Å². The van der Waals surface area contributed by atoms with Gasteiger partial charge in [0.05, 0.1) is 18.8 Å². The Hall–Kier alpha value is -1.43. The highest BCUT2D eigenvalue weighted by Crippen LogP contribution is 2.30. The zero-order valence-corrected chi connectivity index (χ0v) is 9.85. The number of amides is 1. The van der Waals surface area contributed by atoms with Crippen LogP contribution in [0, 0.1) is 6.92 Å². The van der Waals surface area contributed by atoms with E-state index < -0.39 is 0 Å². The molecule has 1 saturated carbocycles. The van der Waals surface area contributed by atoms with E-state index in [0.29, 0.717) is 19.0 Å². The van der Waals surface area contributed by atoms with Gasteiger partial charge >= 0.3 is 0 Å². The molecule has 1 aromatic heterocycles. The molecule has 2 aliphatic rings. The minimum Gasteiger partial charge on any atom is -0.374 e. The molecule has 1 aromatic rings. The van der Waals surface area contributed by atoms with Crippen LogP contribution in [0.2, 0.25) is 0 Å². The summed E-state index contributed by atoms with van der Waals surface area (Å²) < 4.78 is 5.68. The molecule has 1 saturated heterocycles. The minimum atomic E-state index is -0.0745. The number of hydrogen-bond acceptors (Lipinski definition) is 4. The van der Waals surface area contributed by atoms with Crippen molar-refractivity contribution in [2.24, 2.45) is 0 Å². The predicted molar refractivity (Wildman–Crippen MR) is 59.5 cm³/mol. The summed E-state index contributed by atoms with van der Waals surface area (Å²) in [6.07, 6.45) is 3.43. The highest BCUT2D eigenvalue weighted by Gasteiger charge is 2.39. The smallest absolute Gasteiger partial charge is 0.293 e. The number of nitrogens with one attached hydrogen (secondary N) is 1. The SMILES string of the molecule is Cc1nc(C(=O)N2CCOC3CCCC32)n[nH]1. The fourth-order valence-electron chi connectivity index (χ4n) is 2.74. The van der Waals surface area contributed by atoms with Gasteiger partial charge < -0.3 is 9.64 Å². The van der Waals surface area contributed by atoms with E-state index in [4.69, 9.17) is 4.74 Å². The first kappa shape index (κ1) is 10.7. The zero-order chi connectivity index (χ0) is 11.8. The van der Waals surface area contributed by atoms with Gasteiger partial charge in [0.25, 0.3) is 5.91 Å². The number of aromatic nitrogens is 3. The molecule has 0 bridgehead atoms. The molecule has 1 aliphatic heterocycles. The van der Waals surface area contributed by atoms with Gasteiger partial charge in [0, 0.05) is 6.54 Å².